The zero-order valence-corrected chi connectivity index (χ0v) is 14.0. The Morgan fingerprint density at radius 1 is 1.12 bits per heavy atom. The molecule has 1 amide bonds. The molecule has 24 heavy (non-hydrogen) atoms. The summed E-state index contributed by atoms with van der Waals surface area (Å²) in [5.41, 5.74) is 2.41. The maximum absolute atomic E-state index is 11.6. The molecule has 5 nitrogen and oxygen atoms in total. The van der Waals surface area contributed by atoms with E-state index in [0.29, 0.717) is 12.8 Å². The van der Waals surface area contributed by atoms with E-state index in [2.05, 4.69) is 5.32 Å². The number of hydrogen-bond donors (Lipinski definition) is 2. The Morgan fingerprint density at radius 3 is 2.33 bits per heavy atom. The molecule has 2 N–H and O–H groups in total. The Bertz CT molecular complexity index is 730. The van der Waals surface area contributed by atoms with Crippen molar-refractivity contribution in [3.8, 4) is 16.9 Å². The van der Waals surface area contributed by atoms with Crippen molar-refractivity contribution >= 4 is 12.4 Å². The highest BCUT2D eigenvalue weighted by molar-refractivity contribution is 5.82. The van der Waals surface area contributed by atoms with Crippen LogP contribution in [0.1, 0.15) is 36.7 Å². The predicted octanol–water partition coefficient (Wildman–Crippen LogP) is 3.90. The van der Waals surface area contributed by atoms with Crippen LogP contribution in [0.25, 0.3) is 11.1 Å². The number of rotatable bonds is 4. The molecule has 0 bridgehead atoms. The van der Waals surface area contributed by atoms with Crippen molar-refractivity contribution in [3.05, 3.63) is 53.6 Å². The second-order valence-electron chi connectivity index (χ2n) is 6.44. The molecular weight excluding hydrogens is 306 g/mol. The number of carbonyl (C=O) groups excluding carboxylic acids is 2. The molecule has 0 unspecified atom stereocenters. The van der Waals surface area contributed by atoms with Crippen molar-refractivity contribution in [1.82, 2.24) is 5.32 Å². The first-order valence-electron chi connectivity index (χ1n) is 7.63. The fourth-order valence-corrected chi connectivity index (χ4v) is 2.13. The molecular formula is C19H21NO4. The van der Waals surface area contributed by atoms with E-state index in [9.17, 15) is 14.7 Å². The van der Waals surface area contributed by atoms with Crippen LogP contribution in [0.15, 0.2) is 42.5 Å². The minimum absolute atomic E-state index is 0.0352. The number of benzene rings is 2. The van der Waals surface area contributed by atoms with Gasteiger partial charge in [-0.1, -0.05) is 30.3 Å². The van der Waals surface area contributed by atoms with Gasteiger partial charge >= 0.3 is 6.09 Å². The fourth-order valence-electron chi connectivity index (χ4n) is 2.13. The summed E-state index contributed by atoms with van der Waals surface area (Å²) in [6.07, 6.45) is 0.165. The second-order valence-corrected chi connectivity index (χ2v) is 6.44. The van der Waals surface area contributed by atoms with Gasteiger partial charge in [-0.15, -0.1) is 0 Å². The van der Waals surface area contributed by atoms with Crippen molar-refractivity contribution in [2.24, 2.45) is 0 Å². The van der Waals surface area contributed by atoms with Crippen LogP contribution in [-0.2, 0) is 11.3 Å². The maximum Gasteiger partial charge on any atom is 0.407 e. The van der Waals surface area contributed by atoms with Gasteiger partial charge in [-0.3, -0.25) is 4.79 Å². The lowest BCUT2D eigenvalue weighted by molar-refractivity contribution is 0.0523. The molecule has 2 aromatic carbocycles. The summed E-state index contributed by atoms with van der Waals surface area (Å²) in [7, 11) is 0. The number of phenolic OH excluding ortho intramolecular Hbond substituents is 1. The van der Waals surface area contributed by atoms with E-state index in [0.717, 1.165) is 16.7 Å². The smallest absolute Gasteiger partial charge is 0.407 e. The molecule has 0 spiro atoms. The number of ether oxygens (including phenoxy) is 1. The summed E-state index contributed by atoms with van der Waals surface area (Å²) >= 11 is 0. The monoisotopic (exact) mass is 327 g/mol. The summed E-state index contributed by atoms with van der Waals surface area (Å²) in [4.78, 5) is 22.5. The molecule has 0 saturated heterocycles. The minimum atomic E-state index is -0.525. The average Bonchev–Trinajstić information content (AvgIpc) is 2.52. The van der Waals surface area contributed by atoms with Crippen LogP contribution in [0, 0.1) is 0 Å². The topological polar surface area (TPSA) is 75.6 Å². The van der Waals surface area contributed by atoms with Gasteiger partial charge in [-0.05, 0) is 49.6 Å². The van der Waals surface area contributed by atoms with E-state index in [1.807, 2.05) is 45.0 Å². The molecule has 0 aromatic heterocycles. The third-order valence-corrected chi connectivity index (χ3v) is 3.28. The van der Waals surface area contributed by atoms with E-state index in [1.54, 1.807) is 12.1 Å². The Balaban J connectivity index is 2.03. The van der Waals surface area contributed by atoms with E-state index >= 15 is 0 Å². The van der Waals surface area contributed by atoms with E-state index in [1.165, 1.54) is 6.07 Å². The Kier molecular flexibility index (Phi) is 5.24. The number of amides is 1. The number of carbonyl (C=O) groups is 2. The Hall–Kier alpha value is -2.82. The SMILES string of the molecule is CC(C)(C)OC(=O)NCc1ccc(-c2ccc(O)c(C=O)c2)cc1. The molecule has 5 heteroatoms. The van der Waals surface area contributed by atoms with Crippen LogP contribution in [0.3, 0.4) is 0 Å². The summed E-state index contributed by atoms with van der Waals surface area (Å²) < 4.78 is 5.18. The van der Waals surface area contributed by atoms with Gasteiger partial charge < -0.3 is 15.2 Å². The lowest BCUT2D eigenvalue weighted by Gasteiger charge is -2.19. The molecule has 0 aliphatic rings. The second kappa shape index (κ2) is 7.17. The first-order valence-corrected chi connectivity index (χ1v) is 7.63. The third kappa shape index (κ3) is 4.84. The molecule has 0 aliphatic heterocycles. The molecule has 126 valence electrons. The van der Waals surface area contributed by atoms with Crippen LogP contribution in [0.5, 0.6) is 5.75 Å². The standard InChI is InChI=1S/C19H21NO4/c1-19(2,3)24-18(23)20-11-13-4-6-14(7-5-13)15-8-9-17(22)16(10-15)12-21/h4-10,12,22H,11H2,1-3H3,(H,20,23). The van der Waals surface area contributed by atoms with Crippen molar-refractivity contribution in [1.29, 1.82) is 0 Å². The number of aldehydes is 1. The maximum atomic E-state index is 11.6. The number of aromatic hydroxyl groups is 1. The molecule has 0 radical (unpaired) electrons. The fraction of sp³-hybridized carbons (Fsp3) is 0.263. The summed E-state index contributed by atoms with van der Waals surface area (Å²) in [5, 5.41) is 12.2. The van der Waals surface area contributed by atoms with Gasteiger partial charge in [0.2, 0.25) is 0 Å². The highest BCUT2D eigenvalue weighted by Crippen LogP contribution is 2.25. The highest BCUT2D eigenvalue weighted by Gasteiger charge is 2.15. The zero-order chi connectivity index (χ0) is 17.7. The van der Waals surface area contributed by atoms with Gasteiger partial charge in [0.1, 0.15) is 11.4 Å². The summed E-state index contributed by atoms with van der Waals surface area (Å²) in [6.45, 7) is 5.80. The first kappa shape index (κ1) is 17.5. The van der Waals surface area contributed by atoms with Crippen molar-refractivity contribution in [2.45, 2.75) is 32.9 Å². The first-order chi connectivity index (χ1) is 11.3. The number of hydrogen-bond acceptors (Lipinski definition) is 4. The Morgan fingerprint density at radius 2 is 1.75 bits per heavy atom. The third-order valence-electron chi connectivity index (χ3n) is 3.28. The van der Waals surface area contributed by atoms with Crippen LogP contribution in [0.2, 0.25) is 0 Å². The summed E-state index contributed by atoms with van der Waals surface area (Å²) in [5.74, 6) is -0.0352. The molecule has 0 atom stereocenters. The molecule has 0 fully saturated rings. The van der Waals surface area contributed by atoms with Gasteiger partial charge in [0.15, 0.2) is 6.29 Å². The highest BCUT2D eigenvalue weighted by atomic mass is 16.6. The normalized spacial score (nSPS) is 11.0. The van der Waals surface area contributed by atoms with Crippen LogP contribution >= 0.6 is 0 Å². The van der Waals surface area contributed by atoms with Gasteiger partial charge in [0.25, 0.3) is 0 Å². The zero-order valence-electron chi connectivity index (χ0n) is 14.0. The summed E-state index contributed by atoms with van der Waals surface area (Å²) in [6, 6.07) is 12.4. The lowest BCUT2D eigenvalue weighted by atomic mass is 10.0. The largest absolute Gasteiger partial charge is 0.507 e. The van der Waals surface area contributed by atoms with Crippen molar-refractivity contribution in [3.63, 3.8) is 0 Å². The predicted molar refractivity (Wildman–Crippen MR) is 92.0 cm³/mol. The van der Waals surface area contributed by atoms with Gasteiger partial charge in [-0.25, -0.2) is 4.79 Å². The van der Waals surface area contributed by atoms with Gasteiger partial charge in [0.05, 0.1) is 5.56 Å². The average molecular weight is 327 g/mol. The van der Waals surface area contributed by atoms with Crippen LogP contribution in [-0.4, -0.2) is 23.1 Å². The van der Waals surface area contributed by atoms with Gasteiger partial charge in [-0.2, -0.15) is 0 Å². The number of nitrogens with one attached hydrogen (secondary N) is 1. The van der Waals surface area contributed by atoms with Gasteiger partial charge in [0, 0.05) is 6.54 Å². The minimum Gasteiger partial charge on any atom is -0.507 e. The number of phenols is 1. The molecule has 0 saturated carbocycles. The van der Waals surface area contributed by atoms with E-state index < -0.39 is 11.7 Å². The lowest BCUT2D eigenvalue weighted by Crippen LogP contribution is -2.32. The molecule has 2 rings (SSSR count). The van der Waals surface area contributed by atoms with E-state index in [-0.39, 0.29) is 11.3 Å². The molecule has 2 aromatic rings. The molecule has 0 aliphatic carbocycles. The van der Waals surface area contributed by atoms with E-state index in [4.69, 9.17) is 4.74 Å². The number of alkyl carbamates (subject to hydrolysis) is 1. The quantitative estimate of drug-likeness (QED) is 0.835. The Labute approximate surface area is 141 Å². The van der Waals surface area contributed by atoms with Crippen molar-refractivity contribution in [2.75, 3.05) is 0 Å². The molecule has 0 heterocycles. The van der Waals surface area contributed by atoms with Crippen LogP contribution < -0.4 is 5.32 Å². The van der Waals surface area contributed by atoms with Crippen molar-refractivity contribution < 1.29 is 19.4 Å². The van der Waals surface area contributed by atoms with Crippen LogP contribution in [0.4, 0.5) is 4.79 Å².